The monoisotopic (exact) mass is 362 g/mol. The van der Waals surface area contributed by atoms with E-state index < -0.39 is 5.69 Å². The van der Waals surface area contributed by atoms with Gasteiger partial charge in [0.05, 0.1) is 0 Å². The van der Waals surface area contributed by atoms with Crippen molar-refractivity contribution in [1.82, 2.24) is 19.5 Å². The fourth-order valence-electron chi connectivity index (χ4n) is 2.28. The van der Waals surface area contributed by atoms with Crippen molar-refractivity contribution in [2.75, 3.05) is 0 Å². The molecular weight excluding hydrogens is 348 g/mol. The van der Waals surface area contributed by atoms with Gasteiger partial charge >= 0.3 is 5.69 Å². The Morgan fingerprint density at radius 1 is 1.18 bits per heavy atom. The smallest absolute Gasteiger partial charge is 0.330 e. The zero-order valence-electron chi connectivity index (χ0n) is 12.0. The van der Waals surface area contributed by atoms with Gasteiger partial charge in [-0.15, -0.1) is 0 Å². The van der Waals surface area contributed by atoms with Gasteiger partial charge in [-0.3, -0.25) is 14.3 Å². The highest BCUT2D eigenvalue weighted by atomic mass is 79.9. The molecule has 2 heterocycles. The highest BCUT2D eigenvalue weighted by molar-refractivity contribution is 9.10. The number of nitrogens with zero attached hydrogens (tertiary/aromatic N) is 2. The second-order valence-electron chi connectivity index (χ2n) is 5.06. The van der Waals surface area contributed by atoms with Gasteiger partial charge in [-0.25, -0.2) is 9.78 Å². The summed E-state index contributed by atoms with van der Waals surface area (Å²) in [5, 5.41) is 0. The Bertz CT molecular complexity index is 921. The number of hydrogen-bond donors (Lipinski definition) is 2. The quantitative estimate of drug-likeness (QED) is 0.748. The first-order valence-electron chi connectivity index (χ1n) is 7.09. The van der Waals surface area contributed by atoms with E-state index in [0.717, 1.165) is 22.9 Å². The van der Waals surface area contributed by atoms with Crippen LogP contribution in [0.25, 0.3) is 22.6 Å². The number of aromatic amines is 2. The van der Waals surface area contributed by atoms with Crippen molar-refractivity contribution >= 4 is 27.1 Å². The standard InChI is InChI=1S/C15H15BrN4O2/c1-2-3-8-20-14(21)11-13(19-15(20)22)18-12(17-11)9-4-6-10(16)7-5-9/h4-7H,2-3,8H2,1H3,(H,17,18)(H,19,22). The lowest BCUT2D eigenvalue weighted by Crippen LogP contribution is -2.35. The molecule has 3 aromatic rings. The van der Waals surface area contributed by atoms with Gasteiger partial charge in [0.1, 0.15) is 11.3 Å². The minimum Gasteiger partial charge on any atom is -0.332 e. The third kappa shape index (κ3) is 2.64. The Morgan fingerprint density at radius 2 is 1.91 bits per heavy atom. The van der Waals surface area contributed by atoms with E-state index in [0.29, 0.717) is 23.5 Å². The minimum absolute atomic E-state index is 0.292. The number of hydrogen-bond acceptors (Lipinski definition) is 3. The molecule has 0 spiro atoms. The fraction of sp³-hybridized carbons (Fsp3) is 0.267. The lowest BCUT2D eigenvalue weighted by Gasteiger charge is -2.01. The summed E-state index contributed by atoms with van der Waals surface area (Å²) in [6, 6.07) is 7.56. The highest BCUT2D eigenvalue weighted by Gasteiger charge is 2.12. The van der Waals surface area contributed by atoms with Crippen LogP contribution in [0.2, 0.25) is 0 Å². The Morgan fingerprint density at radius 3 is 2.59 bits per heavy atom. The molecule has 7 heteroatoms. The third-order valence-corrected chi connectivity index (χ3v) is 4.01. The molecule has 0 aliphatic heterocycles. The Kier molecular flexibility index (Phi) is 3.98. The first-order chi connectivity index (χ1) is 10.6. The van der Waals surface area contributed by atoms with Crippen LogP contribution in [-0.4, -0.2) is 19.5 Å². The van der Waals surface area contributed by atoms with Gasteiger partial charge in [0.2, 0.25) is 0 Å². The van der Waals surface area contributed by atoms with E-state index in [1.165, 1.54) is 4.57 Å². The van der Waals surface area contributed by atoms with Crippen LogP contribution in [0.15, 0.2) is 38.3 Å². The van der Waals surface area contributed by atoms with Crippen LogP contribution in [0, 0.1) is 0 Å². The van der Waals surface area contributed by atoms with Gasteiger partial charge < -0.3 is 4.98 Å². The zero-order chi connectivity index (χ0) is 15.7. The number of fused-ring (bicyclic) bond motifs is 1. The number of halogens is 1. The van der Waals surface area contributed by atoms with Crippen LogP contribution in [-0.2, 0) is 6.54 Å². The van der Waals surface area contributed by atoms with Crippen molar-refractivity contribution in [3.05, 3.63) is 49.6 Å². The Hall–Kier alpha value is -2.15. The van der Waals surface area contributed by atoms with Crippen LogP contribution in [0.3, 0.4) is 0 Å². The molecule has 6 nitrogen and oxygen atoms in total. The van der Waals surface area contributed by atoms with E-state index in [-0.39, 0.29) is 5.56 Å². The molecule has 0 radical (unpaired) electrons. The first-order valence-corrected chi connectivity index (χ1v) is 7.88. The average Bonchev–Trinajstić information content (AvgIpc) is 2.92. The van der Waals surface area contributed by atoms with E-state index in [2.05, 4.69) is 30.9 Å². The number of rotatable bonds is 4. The number of benzene rings is 1. The predicted molar refractivity (Wildman–Crippen MR) is 89.0 cm³/mol. The molecule has 3 rings (SSSR count). The second-order valence-corrected chi connectivity index (χ2v) is 5.97. The average molecular weight is 363 g/mol. The van der Waals surface area contributed by atoms with E-state index in [1.807, 2.05) is 31.2 Å². The number of imidazole rings is 1. The van der Waals surface area contributed by atoms with Crippen molar-refractivity contribution in [3.63, 3.8) is 0 Å². The molecule has 0 saturated heterocycles. The molecule has 0 fully saturated rings. The summed E-state index contributed by atoms with van der Waals surface area (Å²) in [4.78, 5) is 34.4. The topological polar surface area (TPSA) is 83.5 Å². The molecule has 0 aliphatic rings. The van der Waals surface area contributed by atoms with Gasteiger partial charge in [-0.1, -0.05) is 41.4 Å². The summed E-state index contributed by atoms with van der Waals surface area (Å²) >= 11 is 3.38. The highest BCUT2D eigenvalue weighted by Crippen LogP contribution is 2.20. The van der Waals surface area contributed by atoms with Gasteiger partial charge in [0.25, 0.3) is 5.56 Å². The molecule has 0 bridgehead atoms. The van der Waals surface area contributed by atoms with Crippen LogP contribution in [0.1, 0.15) is 19.8 Å². The van der Waals surface area contributed by atoms with Crippen molar-refractivity contribution in [1.29, 1.82) is 0 Å². The number of H-pyrrole nitrogens is 2. The molecule has 0 aliphatic carbocycles. The molecule has 0 saturated carbocycles. The van der Waals surface area contributed by atoms with E-state index >= 15 is 0 Å². The summed E-state index contributed by atoms with van der Waals surface area (Å²) < 4.78 is 2.18. The normalized spacial score (nSPS) is 11.2. The van der Waals surface area contributed by atoms with Gasteiger partial charge in [-0.2, -0.15) is 0 Å². The maximum absolute atomic E-state index is 12.4. The molecular formula is C15H15BrN4O2. The van der Waals surface area contributed by atoms with Crippen LogP contribution >= 0.6 is 15.9 Å². The van der Waals surface area contributed by atoms with E-state index in [1.54, 1.807) is 0 Å². The first kappa shape index (κ1) is 14.8. The summed E-state index contributed by atoms with van der Waals surface area (Å²) in [5.41, 5.74) is 0.719. The van der Waals surface area contributed by atoms with Crippen molar-refractivity contribution < 1.29 is 0 Å². The molecule has 1 aromatic carbocycles. The number of aromatic nitrogens is 4. The van der Waals surface area contributed by atoms with Crippen molar-refractivity contribution in [2.45, 2.75) is 26.3 Å². The van der Waals surface area contributed by atoms with Crippen LogP contribution < -0.4 is 11.2 Å². The maximum Gasteiger partial charge on any atom is 0.330 e. The van der Waals surface area contributed by atoms with Crippen LogP contribution in [0.5, 0.6) is 0 Å². The van der Waals surface area contributed by atoms with E-state index in [4.69, 9.17) is 0 Å². The second kappa shape index (κ2) is 5.92. The Labute approximate surface area is 134 Å². The maximum atomic E-state index is 12.4. The molecule has 2 aromatic heterocycles. The van der Waals surface area contributed by atoms with Gasteiger partial charge in [-0.05, 0) is 18.6 Å². The fourth-order valence-corrected chi connectivity index (χ4v) is 2.54. The van der Waals surface area contributed by atoms with Crippen molar-refractivity contribution in [2.24, 2.45) is 0 Å². The molecule has 114 valence electrons. The Balaban J connectivity index is 2.14. The van der Waals surface area contributed by atoms with Gasteiger partial charge in [0, 0.05) is 16.6 Å². The molecule has 0 amide bonds. The molecule has 22 heavy (non-hydrogen) atoms. The lowest BCUT2D eigenvalue weighted by atomic mass is 10.2. The molecule has 2 N–H and O–H groups in total. The lowest BCUT2D eigenvalue weighted by molar-refractivity contribution is 0.588. The van der Waals surface area contributed by atoms with Crippen LogP contribution in [0.4, 0.5) is 0 Å². The van der Waals surface area contributed by atoms with Gasteiger partial charge in [0.15, 0.2) is 5.65 Å². The summed E-state index contributed by atoms with van der Waals surface area (Å²) in [5.74, 6) is 0.559. The zero-order valence-corrected chi connectivity index (χ0v) is 13.6. The molecule has 0 unspecified atom stereocenters. The van der Waals surface area contributed by atoms with E-state index in [9.17, 15) is 9.59 Å². The summed E-state index contributed by atoms with van der Waals surface area (Å²) in [6.07, 6.45) is 1.69. The minimum atomic E-state index is -0.417. The number of nitrogens with one attached hydrogen (secondary N) is 2. The summed E-state index contributed by atoms with van der Waals surface area (Å²) in [6.45, 7) is 2.42. The summed E-state index contributed by atoms with van der Waals surface area (Å²) in [7, 11) is 0. The largest absolute Gasteiger partial charge is 0.332 e. The SMILES string of the molecule is CCCCn1c(=O)[nH]c2nc(-c3ccc(Br)cc3)[nH]c2c1=O. The number of unbranched alkanes of at least 4 members (excludes halogenated alkanes) is 1. The van der Waals surface area contributed by atoms with Crippen molar-refractivity contribution in [3.8, 4) is 11.4 Å². The molecule has 0 atom stereocenters. The third-order valence-electron chi connectivity index (χ3n) is 3.49. The predicted octanol–water partition coefficient (Wildman–Crippen LogP) is 2.64.